The van der Waals surface area contributed by atoms with E-state index in [0.717, 1.165) is 17.5 Å². The van der Waals surface area contributed by atoms with Crippen molar-refractivity contribution in [3.63, 3.8) is 0 Å². The van der Waals surface area contributed by atoms with Crippen LogP contribution in [0.5, 0.6) is 0 Å². The van der Waals surface area contributed by atoms with Crippen LogP contribution in [0, 0.1) is 0 Å². The van der Waals surface area contributed by atoms with E-state index in [-0.39, 0.29) is 12.0 Å². The van der Waals surface area contributed by atoms with Crippen molar-refractivity contribution in [3.8, 4) is 11.1 Å². The molecule has 7 heteroatoms. The molecule has 0 unspecified atom stereocenters. The summed E-state index contributed by atoms with van der Waals surface area (Å²) in [7, 11) is 0. The van der Waals surface area contributed by atoms with Gasteiger partial charge in [0.05, 0.1) is 17.6 Å². The van der Waals surface area contributed by atoms with Gasteiger partial charge in [-0.3, -0.25) is 9.59 Å². The minimum absolute atomic E-state index is 0.0000139. The maximum Gasteiger partial charge on any atom is 0.258 e. The van der Waals surface area contributed by atoms with Gasteiger partial charge in [-0.15, -0.1) is 11.3 Å². The summed E-state index contributed by atoms with van der Waals surface area (Å²) in [6, 6.07) is 9.16. The number of morpholine rings is 1. The van der Waals surface area contributed by atoms with Crippen LogP contribution in [0.15, 0.2) is 35.7 Å². The van der Waals surface area contributed by atoms with Crippen molar-refractivity contribution in [3.05, 3.63) is 46.2 Å². The minimum Gasteiger partial charge on any atom is -0.374 e. The Morgan fingerprint density at radius 2 is 2.00 bits per heavy atom. The number of carbonyl (C=O) groups is 2. The third-order valence-corrected chi connectivity index (χ3v) is 5.17. The number of nitrogens with two attached hydrogens (primary N) is 2. The Morgan fingerprint density at radius 1 is 1.24 bits per heavy atom. The molecule has 1 atom stereocenters. The highest BCUT2D eigenvalue weighted by Crippen LogP contribution is 2.26. The van der Waals surface area contributed by atoms with Crippen LogP contribution < -0.4 is 11.5 Å². The fourth-order valence-electron chi connectivity index (χ4n) is 2.87. The first kappa shape index (κ1) is 17.6. The van der Waals surface area contributed by atoms with Crippen LogP contribution in [-0.2, 0) is 4.74 Å². The molecule has 1 aliphatic heterocycles. The highest BCUT2D eigenvalue weighted by molar-refractivity contribution is 7.12. The summed E-state index contributed by atoms with van der Waals surface area (Å²) in [5, 5.41) is 1.89. The number of amides is 2. The molecule has 2 amide bonds. The lowest BCUT2D eigenvalue weighted by Crippen LogP contribution is -2.46. The zero-order valence-corrected chi connectivity index (χ0v) is 14.6. The molecule has 2 heterocycles. The number of thiophene rings is 1. The van der Waals surface area contributed by atoms with Gasteiger partial charge in [-0.25, -0.2) is 0 Å². The third-order valence-electron chi connectivity index (χ3n) is 4.22. The molecule has 1 aliphatic rings. The summed E-state index contributed by atoms with van der Waals surface area (Å²) in [6.07, 6.45) is 0.767. The number of hydrogen-bond donors (Lipinski definition) is 2. The second-order valence-corrected chi connectivity index (χ2v) is 6.87. The first-order chi connectivity index (χ1) is 12.1. The molecule has 1 saturated heterocycles. The highest BCUT2D eigenvalue weighted by Gasteiger charge is 2.24. The van der Waals surface area contributed by atoms with Crippen LogP contribution in [0.3, 0.4) is 0 Å². The molecule has 0 spiro atoms. The van der Waals surface area contributed by atoms with Crippen molar-refractivity contribution in [2.24, 2.45) is 11.5 Å². The molecule has 0 saturated carbocycles. The zero-order chi connectivity index (χ0) is 17.8. The van der Waals surface area contributed by atoms with Gasteiger partial charge in [-0.1, -0.05) is 12.1 Å². The van der Waals surface area contributed by atoms with E-state index in [1.54, 1.807) is 6.07 Å². The molecular formula is C18H21N3O3S. The predicted octanol–water partition coefficient (Wildman–Crippen LogP) is 1.70. The molecule has 25 heavy (non-hydrogen) atoms. The van der Waals surface area contributed by atoms with Gasteiger partial charge in [0.2, 0.25) is 0 Å². The molecule has 3 rings (SSSR count). The van der Waals surface area contributed by atoms with Crippen LogP contribution in [0.1, 0.15) is 26.5 Å². The SMILES string of the molecule is NCC[C@H]1CN(C(=O)c2ccc(-c3csc(C(N)=O)c3)cc2)CCO1. The summed E-state index contributed by atoms with van der Waals surface area (Å²) >= 11 is 1.32. The lowest BCUT2D eigenvalue weighted by molar-refractivity contribution is -0.0236. The second kappa shape index (κ2) is 7.77. The van der Waals surface area contributed by atoms with Gasteiger partial charge < -0.3 is 21.1 Å². The van der Waals surface area contributed by atoms with Crippen LogP contribution in [0.2, 0.25) is 0 Å². The minimum atomic E-state index is -0.428. The summed E-state index contributed by atoms with van der Waals surface area (Å²) in [5.41, 5.74) is 13.4. The van der Waals surface area contributed by atoms with Crippen molar-refractivity contribution in [1.82, 2.24) is 4.90 Å². The second-order valence-electron chi connectivity index (χ2n) is 5.96. The normalized spacial score (nSPS) is 17.5. The van der Waals surface area contributed by atoms with E-state index in [4.69, 9.17) is 16.2 Å². The zero-order valence-electron chi connectivity index (χ0n) is 13.8. The average Bonchev–Trinajstić information content (AvgIpc) is 3.12. The molecule has 1 aromatic heterocycles. The Hall–Kier alpha value is -2.22. The topological polar surface area (TPSA) is 98.6 Å². The van der Waals surface area contributed by atoms with Crippen molar-refractivity contribution < 1.29 is 14.3 Å². The maximum atomic E-state index is 12.7. The van der Waals surface area contributed by atoms with Gasteiger partial charge in [-0.2, -0.15) is 0 Å². The molecule has 0 radical (unpaired) electrons. The lowest BCUT2D eigenvalue weighted by atomic mass is 10.1. The van der Waals surface area contributed by atoms with Gasteiger partial charge in [-0.05, 0) is 47.7 Å². The summed E-state index contributed by atoms with van der Waals surface area (Å²) < 4.78 is 5.62. The highest BCUT2D eigenvalue weighted by atomic mass is 32.1. The Balaban J connectivity index is 1.70. The van der Waals surface area contributed by atoms with Gasteiger partial charge in [0.25, 0.3) is 11.8 Å². The molecule has 1 fully saturated rings. The summed E-state index contributed by atoms with van der Waals surface area (Å²) in [6.45, 7) is 2.26. The quantitative estimate of drug-likeness (QED) is 0.849. The van der Waals surface area contributed by atoms with Crippen LogP contribution in [-0.4, -0.2) is 49.1 Å². The standard InChI is InChI=1S/C18H21N3O3S/c19-6-5-15-10-21(7-8-24-15)18(23)13-3-1-12(2-4-13)14-9-16(17(20)22)25-11-14/h1-4,9,11,15H,5-8,10,19H2,(H2,20,22)/t15-/m0/s1. The summed E-state index contributed by atoms with van der Waals surface area (Å²) in [4.78, 5) is 26.2. The van der Waals surface area contributed by atoms with Gasteiger partial charge in [0.1, 0.15) is 0 Å². The fourth-order valence-corrected chi connectivity index (χ4v) is 3.64. The van der Waals surface area contributed by atoms with E-state index in [0.29, 0.717) is 36.7 Å². The first-order valence-corrected chi connectivity index (χ1v) is 9.06. The number of primary amides is 1. The van der Waals surface area contributed by atoms with Gasteiger partial charge in [0, 0.05) is 18.7 Å². The van der Waals surface area contributed by atoms with Crippen molar-refractivity contribution in [2.45, 2.75) is 12.5 Å². The maximum absolute atomic E-state index is 12.7. The Kier molecular flexibility index (Phi) is 5.47. The van der Waals surface area contributed by atoms with E-state index in [1.165, 1.54) is 11.3 Å². The number of hydrogen-bond acceptors (Lipinski definition) is 5. The first-order valence-electron chi connectivity index (χ1n) is 8.18. The molecule has 4 N–H and O–H groups in total. The van der Waals surface area contributed by atoms with Crippen LogP contribution in [0.4, 0.5) is 0 Å². The Labute approximate surface area is 150 Å². The largest absolute Gasteiger partial charge is 0.374 e. The van der Waals surface area contributed by atoms with Gasteiger partial charge in [0.15, 0.2) is 0 Å². The summed E-state index contributed by atoms with van der Waals surface area (Å²) in [5.74, 6) is -0.428. The van der Waals surface area contributed by atoms with E-state index in [2.05, 4.69) is 0 Å². The van der Waals surface area contributed by atoms with E-state index < -0.39 is 5.91 Å². The fraction of sp³-hybridized carbons (Fsp3) is 0.333. The van der Waals surface area contributed by atoms with Crippen LogP contribution >= 0.6 is 11.3 Å². The molecule has 6 nitrogen and oxygen atoms in total. The number of benzene rings is 1. The van der Waals surface area contributed by atoms with E-state index in [1.807, 2.05) is 34.5 Å². The molecule has 0 bridgehead atoms. The van der Waals surface area contributed by atoms with Crippen LogP contribution in [0.25, 0.3) is 11.1 Å². The van der Waals surface area contributed by atoms with Crippen molar-refractivity contribution >= 4 is 23.2 Å². The van der Waals surface area contributed by atoms with Gasteiger partial charge >= 0.3 is 0 Å². The number of nitrogens with zero attached hydrogens (tertiary/aromatic N) is 1. The lowest BCUT2D eigenvalue weighted by Gasteiger charge is -2.33. The molecule has 0 aliphatic carbocycles. The number of rotatable bonds is 5. The molecule has 2 aromatic rings. The third kappa shape index (κ3) is 4.07. The van der Waals surface area contributed by atoms with Crippen molar-refractivity contribution in [2.75, 3.05) is 26.2 Å². The van der Waals surface area contributed by atoms with E-state index in [9.17, 15) is 9.59 Å². The monoisotopic (exact) mass is 359 g/mol. The predicted molar refractivity (Wildman–Crippen MR) is 97.6 cm³/mol. The Morgan fingerprint density at radius 3 is 2.64 bits per heavy atom. The molecule has 1 aromatic carbocycles. The molecule has 132 valence electrons. The average molecular weight is 359 g/mol. The Bertz CT molecular complexity index is 755. The van der Waals surface area contributed by atoms with Crippen molar-refractivity contribution in [1.29, 1.82) is 0 Å². The van der Waals surface area contributed by atoms with E-state index >= 15 is 0 Å². The molecular weight excluding hydrogens is 338 g/mol. The number of carbonyl (C=O) groups excluding carboxylic acids is 2. The number of ether oxygens (including phenoxy) is 1. The smallest absolute Gasteiger partial charge is 0.258 e.